The highest BCUT2D eigenvalue weighted by atomic mass is 32.2. The summed E-state index contributed by atoms with van der Waals surface area (Å²) in [5, 5.41) is 0. The van der Waals surface area contributed by atoms with Gasteiger partial charge in [0.25, 0.3) is 10.1 Å². The Labute approximate surface area is 87.7 Å². The van der Waals surface area contributed by atoms with Crippen LogP contribution in [0.1, 0.15) is 32.6 Å². The predicted molar refractivity (Wildman–Crippen MR) is 49.9 cm³/mol. The van der Waals surface area contributed by atoms with Crippen molar-refractivity contribution in [1.29, 1.82) is 0 Å². The molecule has 0 heterocycles. The van der Waals surface area contributed by atoms with Gasteiger partial charge in [-0.05, 0) is 6.42 Å². The van der Waals surface area contributed by atoms with E-state index in [1.807, 2.05) is 6.92 Å². The van der Waals surface area contributed by atoms with Gasteiger partial charge in [-0.3, -0.25) is 4.18 Å². The van der Waals surface area contributed by atoms with Crippen LogP contribution in [0.15, 0.2) is 0 Å². The van der Waals surface area contributed by atoms with Crippen LogP contribution in [-0.4, -0.2) is 27.0 Å². The van der Waals surface area contributed by atoms with Gasteiger partial charge in [-0.1, -0.05) is 26.2 Å². The highest BCUT2D eigenvalue weighted by Gasteiger charge is 2.42. The molecule has 0 fully saturated rings. The van der Waals surface area contributed by atoms with Gasteiger partial charge in [0.2, 0.25) is 0 Å². The number of alkyl halides is 3. The van der Waals surface area contributed by atoms with E-state index in [9.17, 15) is 21.6 Å². The molecule has 92 valence electrons. The van der Waals surface area contributed by atoms with Crippen molar-refractivity contribution < 1.29 is 25.8 Å². The van der Waals surface area contributed by atoms with E-state index in [1.165, 1.54) is 0 Å². The van der Waals surface area contributed by atoms with Crippen LogP contribution in [0.3, 0.4) is 0 Å². The summed E-state index contributed by atoms with van der Waals surface area (Å²) in [5.74, 6) is 0. The number of unbranched alkanes of at least 4 members (excludes halogenated alkanes) is 2. The van der Waals surface area contributed by atoms with E-state index in [4.69, 9.17) is 0 Å². The molecule has 7 heteroatoms. The van der Waals surface area contributed by atoms with E-state index >= 15 is 0 Å². The van der Waals surface area contributed by atoms with Gasteiger partial charge in [0.05, 0.1) is 6.26 Å². The molecule has 0 rings (SSSR count). The number of rotatable bonds is 6. The molecule has 0 bridgehead atoms. The maximum atomic E-state index is 12.3. The van der Waals surface area contributed by atoms with Crippen molar-refractivity contribution in [2.75, 3.05) is 6.26 Å². The highest BCUT2D eigenvalue weighted by Crippen LogP contribution is 2.28. The third-order valence-electron chi connectivity index (χ3n) is 1.73. The van der Waals surface area contributed by atoms with Gasteiger partial charge in [0.1, 0.15) is 0 Å². The van der Waals surface area contributed by atoms with E-state index in [0.717, 1.165) is 6.42 Å². The second kappa shape index (κ2) is 5.69. The molecule has 0 saturated heterocycles. The fraction of sp³-hybridized carbons (Fsp3) is 1.00. The van der Waals surface area contributed by atoms with Crippen molar-refractivity contribution in [1.82, 2.24) is 0 Å². The quantitative estimate of drug-likeness (QED) is 0.535. The van der Waals surface area contributed by atoms with Crippen LogP contribution in [0.5, 0.6) is 0 Å². The lowest BCUT2D eigenvalue weighted by Crippen LogP contribution is -2.33. The van der Waals surface area contributed by atoms with Crippen molar-refractivity contribution in [3.8, 4) is 0 Å². The molecule has 0 amide bonds. The summed E-state index contributed by atoms with van der Waals surface area (Å²) < 4.78 is 62.1. The van der Waals surface area contributed by atoms with E-state index in [1.54, 1.807) is 0 Å². The van der Waals surface area contributed by atoms with E-state index in [2.05, 4.69) is 4.18 Å². The van der Waals surface area contributed by atoms with Gasteiger partial charge in [0.15, 0.2) is 6.10 Å². The maximum absolute atomic E-state index is 12.3. The summed E-state index contributed by atoms with van der Waals surface area (Å²) in [4.78, 5) is 0. The van der Waals surface area contributed by atoms with E-state index in [-0.39, 0.29) is 6.42 Å². The summed E-state index contributed by atoms with van der Waals surface area (Å²) in [6.45, 7) is 1.85. The third kappa shape index (κ3) is 7.61. The summed E-state index contributed by atoms with van der Waals surface area (Å²) in [7, 11) is -4.06. The van der Waals surface area contributed by atoms with Gasteiger partial charge in [-0.25, -0.2) is 0 Å². The largest absolute Gasteiger partial charge is 0.416 e. The van der Waals surface area contributed by atoms with E-state index in [0.29, 0.717) is 19.1 Å². The first kappa shape index (κ1) is 14.7. The van der Waals surface area contributed by atoms with Crippen molar-refractivity contribution in [2.45, 2.75) is 44.9 Å². The Morgan fingerprint density at radius 1 is 1.27 bits per heavy atom. The second-order valence-electron chi connectivity index (χ2n) is 3.33. The molecule has 3 nitrogen and oxygen atoms in total. The molecule has 0 saturated carbocycles. The van der Waals surface area contributed by atoms with Crippen LogP contribution < -0.4 is 0 Å². The van der Waals surface area contributed by atoms with Gasteiger partial charge in [-0.15, -0.1) is 0 Å². The van der Waals surface area contributed by atoms with E-state index < -0.39 is 22.4 Å². The van der Waals surface area contributed by atoms with Crippen molar-refractivity contribution in [3.05, 3.63) is 0 Å². The van der Waals surface area contributed by atoms with Crippen LogP contribution in [0.25, 0.3) is 0 Å². The lowest BCUT2D eigenvalue weighted by Gasteiger charge is -2.18. The van der Waals surface area contributed by atoms with Crippen molar-refractivity contribution in [2.24, 2.45) is 0 Å². The monoisotopic (exact) mass is 248 g/mol. The molecule has 0 aliphatic rings. The normalized spacial score (nSPS) is 15.3. The summed E-state index contributed by atoms with van der Waals surface area (Å²) in [5.41, 5.74) is 0. The Bertz CT molecular complexity index is 271. The minimum absolute atomic E-state index is 0.302. The van der Waals surface area contributed by atoms with Gasteiger partial charge in [0, 0.05) is 0 Å². The second-order valence-corrected chi connectivity index (χ2v) is 4.93. The van der Waals surface area contributed by atoms with Crippen LogP contribution in [0, 0.1) is 0 Å². The molecule has 0 aromatic carbocycles. The molecule has 0 aliphatic carbocycles. The minimum Gasteiger partial charge on any atom is -0.257 e. The molecule has 0 aromatic rings. The molecule has 0 aromatic heterocycles. The summed E-state index contributed by atoms with van der Waals surface area (Å²) in [6.07, 6.45) is -4.84. The lowest BCUT2D eigenvalue weighted by molar-refractivity contribution is -0.195. The first-order chi connectivity index (χ1) is 6.67. The number of hydrogen-bond donors (Lipinski definition) is 0. The average Bonchev–Trinajstić information content (AvgIpc) is 1.99. The molecule has 15 heavy (non-hydrogen) atoms. The predicted octanol–water partition coefficient (Wildman–Crippen LogP) is 2.47. The zero-order valence-electron chi connectivity index (χ0n) is 8.67. The molecular weight excluding hydrogens is 233 g/mol. The first-order valence-corrected chi connectivity index (χ1v) is 6.43. The minimum atomic E-state index is -4.63. The zero-order valence-corrected chi connectivity index (χ0v) is 9.49. The number of hydrogen-bond acceptors (Lipinski definition) is 3. The van der Waals surface area contributed by atoms with Gasteiger partial charge < -0.3 is 0 Å². The zero-order chi connectivity index (χ0) is 12.1. The molecule has 0 spiro atoms. The SMILES string of the molecule is CCCCCC(OS(C)(=O)=O)C(F)(F)F. The maximum Gasteiger partial charge on any atom is 0.416 e. The van der Waals surface area contributed by atoms with Crippen molar-refractivity contribution in [3.63, 3.8) is 0 Å². The fourth-order valence-corrected chi connectivity index (χ4v) is 1.68. The summed E-state index contributed by atoms with van der Waals surface area (Å²) in [6, 6.07) is 0. The molecule has 1 atom stereocenters. The Morgan fingerprint density at radius 2 is 1.80 bits per heavy atom. The Hall–Kier alpha value is -0.300. The van der Waals surface area contributed by atoms with Crippen LogP contribution in [0.4, 0.5) is 13.2 Å². The van der Waals surface area contributed by atoms with Gasteiger partial charge in [-0.2, -0.15) is 21.6 Å². The number of halogens is 3. The molecule has 0 radical (unpaired) electrons. The van der Waals surface area contributed by atoms with Crippen molar-refractivity contribution >= 4 is 10.1 Å². The van der Waals surface area contributed by atoms with Crippen LogP contribution in [-0.2, 0) is 14.3 Å². The Morgan fingerprint density at radius 3 is 2.13 bits per heavy atom. The summed E-state index contributed by atoms with van der Waals surface area (Å²) >= 11 is 0. The molecule has 0 N–H and O–H groups in total. The standard InChI is InChI=1S/C8H15F3O3S/c1-3-4-5-6-7(8(9,10)11)14-15(2,12)13/h7H,3-6H2,1-2H3. The molecule has 0 aliphatic heterocycles. The topological polar surface area (TPSA) is 43.4 Å². The Kier molecular flexibility index (Phi) is 5.58. The van der Waals surface area contributed by atoms with Crippen LogP contribution >= 0.6 is 0 Å². The average molecular weight is 248 g/mol. The lowest BCUT2D eigenvalue weighted by atomic mass is 10.1. The first-order valence-electron chi connectivity index (χ1n) is 4.61. The molecular formula is C8H15F3O3S. The van der Waals surface area contributed by atoms with Crippen LogP contribution in [0.2, 0.25) is 0 Å². The fourth-order valence-electron chi connectivity index (χ4n) is 1.06. The smallest absolute Gasteiger partial charge is 0.257 e. The third-order valence-corrected chi connectivity index (χ3v) is 2.31. The Balaban J connectivity index is 4.34. The highest BCUT2D eigenvalue weighted by molar-refractivity contribution is 7.86. The molecule has 1 unspecified atom stereocenters. The van der Waals surface area contributed by atoms with Gasteiger partial charge >= 0.3 is 6.18 Å².